The molecule has 0 spiro atoms. The van der Waals surface area contributed by atoms with Crippen molar-refractivity contribution in [2.24, 2.45) is 5.92 Å². The number of carbonyl (C=O) groups excluding carboxylic acids is 1. The lowest BCUT2D eigenvalue weighted by atomic mass is 9.98. The highest BCUT2D eigenvalue weighted by atomic mass is 16.5. The maximum absolute atomic E-state index is 12.6. The maximum atomic E-state index is 12.6. The summed E-state index contributed by atoms with van der Waals surface area (Å²) in [5, 5.41) is 3.24. The van der Waals surface area contributed by atoms with Crippen molar-refractivity contribution in [3.8, 4) is 0 Å². The lowest BCUT2D eigenvalue weighted by Crippen LogP contribution is -2.41. The van der Waals surface area contributed by atoms with Crippen LogP contribution in [0.5, 0.6) is 0 Å². The summed E-state index contributed by atoms with van der Waals surface area (Å²) in [6.45, 7) is 3.01. The molecule has 0 aromatic carbocycles. The number of ether oxygens (including phenoxy) is 1. The van der Waals surface area contributed by atoms with Crippen molar-refractivity contribution in [3.05, 3.63) is 48.0 Å². The molecule has 134 valence electrons. The van der Waals surface area contributed by atoms with Crippen LogP contribution in [-0.4, -0.2) is 49.1 Å². The van der Waals surface area contributed by atoms with E-state index in [0.29, 0.717) is 18.1 Å². The van der Waals surface area contributed by atoms with Crippen LogP contribution >= 0.6 is 0 Å². The molecule has 2 aromatic rings. The molecule has 1 N–H and O–H groups in total. The van der Waals surface area contributed by atoms with E-state index in [0.717, 1.165) is 50.5 Å². The highest BCUT2D eigenvalue weighted by Gasteiger charge is 2.24. The van der Waals surface area contributed by atoms with Crippen LogP contribution in [0.1, 0.15) is 29.0 Å². The average Bonchev–Trinajstić information content (AvgIpc) is 3.16. The van der Waals surface area contributed by atoms with Gasteiger partial charge in [-0.05, 0) is 43.0 Å². The van der Waals surface area contributed by atoms with E-state index >= 15 is 0 Å². The van der Waals surface area contributed by atoms with Gasteiger partial charge in [0.1, 0.15) is 11.6 Å². The molecule has 1 saturated heterocycles. The van der Waals surface area contributed by atoms with Crippen LogP contribution in [0.25, 0.3) is 0 Å². The normalized spacial score (nSPS) is 17.5. The summed E-state index contributed by atoms with van der Waals surface area (Å²) in [7, 11) is 1.71. The summed E-state index contributed by atoms with van der Waals surface area (Å²) in [5.41, 5.74) is 0.634. The van der Waals surface area contributed by atoms with Crippen LogP contribution in [0.3, 0.4) is 0 Å². The van der Waals surface area contributed by atoms with Crippen LogP contribution in [0.4, 0.5) is 5.82 Å². The minimum atomic E-state index is 0.0513. The second kappa shape index (κ2) is 8.67. The third kappa shape index (κ3) is 4.82. The zero-order chi connectivity index (χ0) is 17.5. The number of likely N-dealkylation sites (tertiary alicyclic amines) is 1. The van der Waals surface area contributed by atoms with Crippen LogP contribution in [0.2, 0.25) is 0 Å². The van der Waals surface area contributed by atoms with Gasteiger partial charge >= 0.3 is 0 Å². The highest BCUT2D eigenvalue weighted by Crippen LogP contribution is 2.19. The van der Waals surface area contributed by atoms with E-state index in [4.69, 9.17) is 9.15 Å². The number of furan rings is 1. The highest BCUT2D eigenvalue weighted by molar-refractivity contribution is 5.94. The standard InChI is InChI=1S/C19H25N3O3/c1-24-14-15-4-2-10-22(13-15)19(23)16-6-7-18(21-12-16)20-9-8-17-5-3-11-25-17/h3,5-7,11-12,15H,2,4,8-10,13-14H2,1H3,(H,20,21). The van der Waals surface area contributed by atoms with Crippen molar-refractivity contribution < 1.29 is 13.9 Å². The predicted octanol–water partition coefficient (Wildman–Crippen LogP) is 2.83. The Morgan fingerprint density at radius 2 is 2.36 bits per heavy atom. The van der Waals surface area contributed by atoms with Gasteiger partial charge in [0, 0.05) is 39.4 Å². The number of hydrogen-bond donors (Lipinski definition) is 1. The van der Waals surface area contributed by atoms with Crippen molar-refractivity contribution >= 4 is 11.7 Å². The van der Waals surface area contributed by atoms with Crippen molar-refractivity contribution in [1.82, 2.24) is 9.88 Å². The largest absolute Gasteiger partial charge is 0.469 e. The summed E-state index contributed by atoms with van der Waals surface area (Å²) in [5.74, 6) is 2.18. The molecule has 0 aliphatic carbocycles. The Kier molecular flexibility index (Phi) is 6.06. The van der Waals surface area contributed by atoms with Crippen molar-refractivity contribution in [2.75, 3.05) is 38.7 Å². The SMILES string of the molecule is COCC1CCCN(C(=O)c2ccc(NCCc3ccco3)nc2)C1. The number of carbonyl (C=O) groups is 1. The molecular formula is C19H25N3O3. The van der Waals surface area contributed by atoms with Gasteiger partial charge in [-0.15, -0.1) is 0 Å². The van der Waals surface area contributed by atoms with Gasteiger partial charge in [-0.3, -0.25) is 4.79 Å². The first kappa shape index (κ1) is 17.5. The van der Waals surface area contributed by atoms with Crippen molar-refractivity contribution in [2.45, 2.75) is 19.3 Å². The fourth-order valence-corrected chi connectivity index (χ4v) is 3.20. The molecule has 1 amide bonds. The van der Waals surface area contributed by atoms with Crippen molar-refractivity contribution in [1.29, 1.82) is 0 Å². The molecule has 6 nitrogen and oxygen atoms in total. The van der Waals surface area contributed by atoms with E-state index in [1.54, 1.807) is 19.6 Å². The molecule has 25 heavy (non-hydrogen) atoms. The fourth-order valence-electron chi connectivity index (χ4n) is 3.20. The molecule has 0 radical (unpaired) electrons. The number of anilines is 1. The van der Waals surface area contributed by atoms with Gasteiger partial charge in [0.05, 0.1) is 18.4 Å². The summed E-state index contributed by atoms with van der Waals surface area (Å²) in [6, 6.07) is 7.52. The quantitative estimate of drug-likeness (QED) is 0.837. The lowest BCUT2D eigenvalue weighted by molar-refractivity contribution is 0.0570. The molecular weight excluding hydrogens is 318 g/mol. The predicted molar refractivity (Wildman–Crippen MR) is 95.6 cm³/mol. The zero-order valence-electron chi connectivity index (χ0n) is 14.6. The monoisotopic (exact) mass is 343 g/mol. The minimum Gasteiger partial charge on any atom is -0.469 e. The van der Waals surface area contributed by atoms with E-state index in [9.17, 15) is 4.79 Å². The Morgan fingerprint density at radius 3 is 3.08 bits per heavy atom. The van der Waals surface area contributed by atoms with Gasteiger partial charge in [0.2, 0.25) is 0 Å². The Hall–Kier alpha value is -2.34. The first-order valence-electron chi connectivity index (χ1n) is 8.77. The third-order valence-corrected chi connectivity index (χ3v) is 4.48. The third-order valence-electron chi connectivity index (χ3n) is 4.48. The van der Waals surface area contributed by atoms with E-state index in [1.165, 1.54) is 0 Å². The van der Waals surface area contributed by atoms with Gasteiger partial charge in [-0.1, -0.05) is 0 Å². The number of methoxy groups -OCH3 is 1. The van der Waals surface area contributed by atoms with Crippen LogP contribution in [0.15, 0.2) is 41.1 Å². The molecule has 1 unspecified atom stereocenters. The molecule has 1 fully saturated rings. The Morgan fingerprint density at radius 1 is 1.44 bits per heavy atom. The molecule has 3 rings (SSSR count). The zero-order valence-corrected chi connectivity index (χ0v) is 14.6. The number of nitrogens with one attached hydrogen (secondary N) is 1. The summed E-state index contributed by atoms with van der Waals surface area (Å²) < 4.78 is 10.5. The lowest BCUT2D eigenvalue weighted by Gasteiger charge is -2.32. The number of pyridine rings is 1. The second-order valence-corrected chi connectivity index (χ2v) is 6.40. The number of hydrogen-bond acceptors (Lipinski definition) is 5. The van der Waals surface area contributed by atoms with E-state index in [-0.39, 0.29) is 5.91 Å². The summed E-state index contributed by atoms with van der Waals surface area (Å²) in [4.78, 5) is 18.9. The molecule has 1 aliphatic rings. The van der Waals surface area contributed by atoms with E-state index in [2.05, 4.69) is 10.3 Å². The van der Waals surface area contributed by atoms with Gasteiger partial charge in [0.25, 0.3) is 5.91 Å². The topological polar surface area (TPSA) is 67.6 Å². The van der Waals surface area contributed by atoms with E-state index in [1.807, 2.05) is 29.2 Å². The van der Waals surface area contributed by atoms with E-state index < -0.39 is 0 Å². The Labute approximate surface area is 148 Å². The molecule has 1 atom stereocenters. The van der Waals surface area contributed by atoms with Crippen LogP contribution in [0, 0.1) is 5.92 Å². The maximum Gasteiger partial charge on any atom is 0.255 e. The Bertz CT molecular complexity index is 653. The molecule has 0 bridgehead atoms. The number of amides is 1. The number of rotatable bonds is 7. The molecule has 3 heterocycles. The van der Waals surface area contributed by atoms with Gasteiger partial charge in [0.15, 0.2) is 0 Å². The number of nitrogens with zero attached hydrogens (tertiary/aromatic N) is 2. The fraction of sp³-hybridized carbons (Fsp3) is 0.474. The van der Waals surface area contributed by atoms with Crippen LogP contribution in [-0.2, 0) is 11.2 Å². The van der Waals surface area contributed by atoms with Gasteiger partial charge in [-0.25, -0.2) is 4.98 Å². The Balaban J connectivity index is 1.51. The number of aromatic nitrogens is 1. The molecule has 2 aromatic heterocycles. The average molecular weight is 343 g/mol. The first-order chi connectivity index (χ1) is 12.3. The first-order valence-corrected chi connectivity index (χ1v) is 8.77. The van der Waals surface area contributed by atoms with Crippen molar-refractivity contribution in [3.63, 3.8) is 0 Å². The summed E-state index contributed by atoms with van der Waals surface area (Å²) in [6.07, 6.45) is 6.27. The van der Waals surface area contributed by atoms with Gasteiger partial charge < -0.3 is 19.4 Å². The van der Waals surface area contributed by atoms with Crippen LogP contribution < -0.4 is 5.32 Å². The van der Waals surface area contributed by atoms with Gasteiger partial charge in [-0.2, -0.15) is 0 Å². The smallest absolute Gasteiger partial charge is 0.255 e. The molecule has 1 aliphatic heterocycles. The second-order valence-electron chi connectivity index (χ2n) is 6.40. The minimum absolute atomic E-state index is 0.0513. The molecule has 0 saturated carbocycles. The molecule has 6 heteroatoms. The summed E-state index contributed by atoms with van der Waals surface area (Å²) >= 11 is 0. The number of piperidine rings is 1.